The molecule has 2 heterocycles. The summed E-state index contributed by atoms with van der Waals surface area (Å²) < 4.78 is 1.58. The first-order valence-corrected chi connectivity index (χ1v) is 8.58. The Morgan fingerprint density at radius 1 is 1.33 bits per heavy atom. The highest BCUT2D eigenvalue weighted by molar-refractivity contribution is 6.35. The van der Waals surface area contributed by atoms with Crippen LogP contribution in [0.15, 0.2) is 30.6 Å². The highest BCUT2D eigenvalue weighted by Gasteiger charge is 2.31. The molecule has 0 aliphatic carbocycles. The van der Waals surface area contributed by atoms with Crippen LogP contribution in [0, 0.1) is 5.41 Å². The number of nitrogens with zero attached hydrogens (tertiary/aromatic N) is 3. The number of carbonyl (C=O) groups excluding carboxylic acids is 1. The Morgan fingerprint density at radius 3 is 2.67 bits per heavy atom. The number of aliphatic hydroxyl groups excluding tert-OH is 1. The number of aromatic nitrogens is 2. The van der Waals surface area contributed by atoms with Crippen LogP contribution in [-0.2, 0) is 0 Å². The van der Waals surface area contributed by atoms with E-state index in [1.807, 2.05) is 4.90 Å². The second-order valence-electron chi connectivity index (χ2n) is 6.53. The first kappa shape index (κ1) is 17.3. The van der Waals surface area contributed by atoms with Crippen LogP contribution in [-0.4, -0.2) is 45.4 Å². The Kier molecular flexibility index (Phi) is 4.85. The normalized spacial score (nSPS) is 17.1. The summed E-state index contributed by atoms with van der Waals surface area (Å²) in [4.78, 5) is 14.4. The Morgan fingerprint density at radius 2 is 2.04 bits per heavy atom. The van der Waals surface area contributed by atoms with Gasteiger partial charge in [-0.2, -0.15) is 5.10 Å². The average molecular weight is 368 g/mol. The molecule has 0 atom stereocenters. The fourth-order valence-electron chi connectivity index (χ4n) is 2.82. The van der Waals surface area contributed by atoms with Crippen molar-refractivity contribution in [3.63, 3.8) is 0 Å². The van der Waals surface area contributed by atoms with Gasteiger partial charge in [0.1, 0.15) is 0 Å². The molecule has 1 aromatic carbocycles. The van der Waals surface area contributed by atoms with Crippen LogP contribution in [0.1, 0.15) is 30.1 Å². The zero-order chi connectivity index (χ0) is 17.3. The molecule has 1 amide bonds. The molecule has 1 fully saturated rings. The predicted octanol–water partition coefficient (Wildman–Crippen LogP) is 3.41. The molecule has 0 radical (unpaired) electrons. The van der Waals surface area contributed by atoms with Crippen LogP contribution in [0.25, 0.3) is 5.69 Å². The molecule has 0 saturated carbocycles. The van der Waals surface area contributed by atoms with E-state index in [0.29, 0.717) is 34.4 Å². The third-order valence-corrected chi connectivity index (χ3v) is 5.16. The summed E-state index contributed by atoms with van der Waals surface area (Å²) in [5.41, 5.74) is 1.11. The van der Waals surface area contributed by atoms with Gasteiger partial charge in [0.2, 0.25) is 0 Å². The number of likely N-dealkylation sites (tertiary alicyclic amines) is 1. The van der Waals surface area contributed by atoms with Crippen molar-refractivity contribution in [2.75, 3.05) is 19.7 Å². The van der Waals surface area contributed by atoms with E-state index in [1.54, 1.807) is 35.3 Å². The van der Waals surface area contributed by atoms with E-state index < -0.39 is 0 Å². The average Bonchev–Trinajstić information content (AvgIpc) is 3.04. The Hall–Kier alpha value is -1.56. The van der Waals surface area contributed by atoms with E-state index in [-0.39, 0.29) is 17.9 Å². The van der Waals surface area contributed by atoms with Gasteiger partial charge in [0.05, 0.1) is 22.5 Å². The third kappa shape index (κ3) is 3.43. The number of rotatable bonds is 3. The third-order valence-electron chi connectivity index (χ3n) is 4.63. The minimum Gasteiger partial charge on any atom is -0.396 e. The van der Waals surface area contributed by atoms with Gasteiger partial charge in [-0.3, -0.25) is 4.79 Å². The van der Waals surface area contributed by atoms with Gasteiger partial charge in [-0.05, 0) is 36.5 Å². The second-order valence-corrected chi connectivity index (χ2v) is 7.37. The van der Waals surface area contributed by atoms with Crippen molar-refractivity contribution in [1.82, 2.24) is 14.7 Å². The van der Waals surface area contributed by atoms with Gasteiger partial charge >= 0.3 is 0 Å². The van der Waals surface area contributed by atoms with Crippen LogP contribution in [0.5, 0.6) is 0 Å². The molecule has 2 aromatic rings. The monoisotopic (exact) mass is 367 g/mol. The topological polar surface area (TPSA) is 58.4 Å². The summed E-state index contributed by atoms with van der Waals surface area (Å²) in [7, 11) is 0. The standard InChI is InChI=1S/C17H19Cl2N3O2/c1-17(11-23)4-6-21(7-5-17)16(24)12-9-20-22(10-12)15-3-2-13(18)8-14(15)19/h2-3,8-10,23H,4-7,11H2,1H3. The van der Waals surface area contributed by atoms with Crippen LogP contribution in [0.4, 0.5) is 0 Å². The maximum Gasteiger partial charge on any atom is 0.257 e. The smallest absolute Gasteiger partial charge is 0.257 e. The number of aliphatic hydroxyl groups is 1. The maximum atomic E-state index is 12.6. The predicted molar refractivity (Wildman–Crippen MR) is 93.9 cm³/mol. The van der Waals surface area contributed by atoms with Gasteiger partial charge in [-0.25, -0.2) is 4.68 Å². The van der Waals surface area contributed by atoms with Gasteiger partial charge in [-0.15, -0.1) is 0 Å². The van der Waals surface area contributed by atoms with Crippen LogP contribution < -0.4 is 0 Å². The zero-order valence-electron chi connectivity index (χ0n) is 13.4. The second kappa shape index (κ2) is 6.75. The number of hydrogen-bond donors (Lipinski definition) is 1. The van der Waals surface area contributed by atoms with Crippen molar-refractivity contribution in [1.29, 1.82) is 0 Å². The fraction of sp³-hybridized carbons (Fsp3) is 0.412. The lowest BCUT2D eigenvalue weighted by Gasteiger charge is -2.38. The summed E-state index contributed by atoms with van der Waals surface area (Å²) in [6.45, 7) is 3.49. The molecule has 0 bridgehead atoms. The SMILES string of the molecule is CC1(CO)CCN(C(=O)c2cnn(-c3ccc(Cl)cc3Cl)c2)CC1. The Bertz CT molecular complexity index is 752. The van der Waals surface area contributed by atoms with E-state index in [2.05, 4.69) is 12.0 Å². The Labute approximate surface area is 150 Å². The molecule has 24 heavy (non-hydrogen) atoms. The summed E-state index contributed by atoms with van der Waals surface area (Å²) in [6.07, 6.45) is 4.82. The summed E-state index contributed by atoms with van der Waals surface area (Å²) in [5.74, 6) is -0.0497. The zero-order valence-corrected chi connectivity index (χ0v) is 14.9. The number of piperidine rings is 1. The van der Waals surface area contributed by atoms with Gasteiger partial charge in [0, 0.05) is 30.9 Å². The van der Waals surface area contributed by atoms with E-state index in [9.17, 15) is 9.90 Å². The molecule has 0 spiro atoms. The fourth-order valence-corrected chi connectivity index (χ4v) is 3.32. The first-order chi connectivity index (χ1) is 11.4. The van der Waals surface area contributed by atoms with Gasteiger partial charge < -0.3 is 10.0 Å². The molecule has 0 unspecified atom stereocenters. The van der Waals surface area contributed by atoms with Crippen LogP contribution in [0.3, 0.4) is 0 Å². The summed E-state index contributed by atoms with van der Waals surface area (Å²) >= 11 is 12.1. The van der Waals surface area contributed by atoms with Crippen molar-refractivity contribution < 1.29 is 9.90 Å². The van der Waals surface area contributed by atoms with E-state index >= 15 is 0 Å². The summed E-state index contributed by atoms with van der Waals surface area (Å²) in [5, 5.41) is 14.7. The Balaban J connectivity index is 1.75. The molecule has 1 aromatic heterocycles. The largest absolute Gasteiger partial charge is 0.396 e. The molecule has 3 rings (SSSR count). The number of halogens is 2. The van der Waals surface area contributed by atoms with Gasteiger partial charge in [0.25, 0.3) is 5.91 Å². The molecule has 1 aliphatic heterocycles. The van der Waals surface area contributed by atoms with E-state index in [4.69, 9.17) is 23.2 Å². The van der Waals surface area contributed by atoms with Crippen molar-refractivity contribution in [3.05, 3.63) is 46.2 Å². The molecule has 7 heteroatoms. The molecule has 5 nitrogen and oxygen atoms in total. The highest BCUT2D eigenvalue weighted by atomic mass is 35.5. The van der Waals surface area contributed by atoms with Crippen molar-refractivity contribution in [2.45, 2.75) is 19.8 Å². The molecule has 128 valence electrons. The van der Waals surface area contributed by atoms with E-state index in [1.165, 1.54) is 0 Å². The lowest BCUT2D eigenvalue weighted by atomic mass is 9.81. The quantitative estimate of drug-likeness (QED) is 0.903. The highest BCUT2D eigenvalue weighted by Crippen LogP contribution is 2.31. The van der Waals surface area contributed by atoms with Crippen molar-refractivity contribution in [2.24, 2.45) is 5.41 Å². The van der Waals surface area contributed by atoms with Crippen LogP contribution >= 0.6 is 23.2 Å². The number of benzene rings is 1. The van der Waals surface area contributed by atoms with Crippen molar-refractivity contribution >= 4 is 29.1 Å². The maximum absolute atomic E-state index is 12.6. The molecule has 1 N–H and O–H groups in total. The van der Waals surface area contributed by atoms with Crippen LogP contribution in [0.2, 0.25) is 10.0 Å². The molecule has 1 aliphatic rings. The number of hydrogen-bond acceptors (Lipinski definition) is 3. The lowest BCUT2D eigenvalue weighted by molar-refractivity contribution is 0.0439. The lowest BCUT2D eigenvalue weighted by Crippen LogP contribution is -2.43. The van der Waals surface area contributed by atoms with Gasteiger partial charge in [0.15, 0.2) is 0 Å². The van der Waals surface area contributed by atoms with Crippen molar-refractivity contribution in [3.8, 4) is 5.69 Å². The van der Waals surface area contributed by atoms with Gasteiger partial charge in [-0.1, -0.05) is 30.1 Å². The molecular weight excluding hydrogens is 349 g/mol. The number of carbonyl (C=O) groups is 1. The number of amides is 1. The summed E-state index contributed by atoms with van der Waals surface area (Å²) in [6, 6.07) is 5.13. The molecular formula is C17H19Cl2N3O2. The minimum atomic E-state index is -0.0855. The molecule has 1 saturated heterocycles. The van der Waals surface area contributed by atoms with E-state index in [0.717, 1.165) is 12.8 Å². The minimum absolute atomic E-state index is 0.0497. The first-order valence-electron chi connectivity index (χ1n) is 7.82.